The third-order valence-corrected chi connectivity index (χ3v) is 1.64. The highest BCUT2D eigenvalue weighted by molar-refractivity contribution is 9.08. The maximum Gasteiger partial charge on any atom is -0.00848 e. The van der Waals surface area contributed by atoms with Crippen molar-refractivity contribution in [2.45, 2.75) is 26.2 Å². The van der Waals surface area contributed by atoms with Crippen molar-refractivity contribution in [2.75, 3.05) is 5.83 Å². The van der Waals surface area contributed by atoms with E-state index in [0.29, 0.717) is 5.41 Å². The molecule has 0 aliphatic heterocycles. The largest absolute Gasteiger partial charge is 0.0966 e. The first-order valence-electron chi connectivity index (χ1n) is 4.04. The SMILES string of the molecule is CBr.CC(C)(C)c1ccccc1. The predicted octanol–water partition coefficient (Wildman–Crippen LogP) is 4.00. The average molecular weight is 229 g/mol. The zero-order chi connectivity index (χ0) is 9.61. The lowest BCUT2D eigenvalue weighted by Gasteiger charge is -2.18. The highest BCUT2D eigenvalue weighted by Crippen LogP contribution is 2.20. The van der Waals surface area contributed by atoms with Crippen molar-refractivity contribution in [1.29, 1.82) is 0 Å². The van der Waals surface area contributed by atoms with Gasteiger partial charge in [0.2, 0.25) is 0 Å². The quantitative estimate of drug-likeness (QED) is 0.590. The van der Waals surface area contributed by atoms with Gasteiger partial charge < -0.3 is 0 Å². The van der Waals surface area contributed by atoms with Gasteiger partial charge in [0.25, 0.3) is 0 Å². The zero-order valence-corrected chi connectivity index (χ0v) is 9.85. The summed E-state index contributed by atoms with van der Waals surface area (Å²) in [6.07, 6.45) is 0. The maximum atomic E-state index is 2.94. The molecule has 0 amide bonds. The van der Waals surface area contributed by atoms with E-state index in [1.165, 1.54) is 5.56 Å². The van der Waals surface area contributed by atoms with Gasteiger partial charge in [-0.05, 0) is 16.8 Å². The van der Waals surface area contributed by atoms with E-state index in [1.807, 2.05) is 5.83 Å². The number of hydrogen-bond donors (Lipinski definition) is 0. The van der Waals surface area contributed by atoms with E-state index in [4.69, 9.17) is 0 Å². The zero-order valence-electron chi connectivity index (χ0n) is 8.26. The third-order valence-electron chi connectivity index (χ3n) is 1.64. The molecule has 1 aromatic rings. The summed E-state index contributed by atoms with van der Waals surface area (Å²) in [4.78, 5) is 0. The van der Waals surface area contributed by atoms with Crippen LogP contribution in [0.3, 0.4) is 0 Å². The smallest absolute Gasteiger partial charge is 0.00848 e. The van der Waals surface area contributed by atoms with E-state index in [2.05, 4.69) is 67.0 Å². The number of halogens is 1. The third kappa shape index (κ3) is 3.91. The Kier molecular flexibility index (Phi) is 5.23. The first-order chi connectivity index (χ1) is 5.61. The molecule has 0 heterocycles. The minimum Gasteiger partial charge on any atom is -0.0966 e. The van der Waals surface area contributed by atoms with Crippen LogP contribution in [-0.2, 0) is 5.41 Å². The Hall–Kier alpha value is -0.300. The van der Waals surface area contributed by atoms with E-state index in [0.717, 1.165) is 0 Å². The fourth-order valence-corrected chi connectivity index (χ4v) is 0.938. The molecule has 0 N–H and O–H groups in total. The molecule has 1 aromatic carbocycles. The standard InChI is InChI=1S/C10H14.CH3Br/c1-10(2,3)9-7-5-4-6-8-9;1-2/h4-8H,1-3H3;1H3. The highest BCUT2D eigenvalue weighted by Gasteiger charge is 2.11. The van der Waals surface area contributed by atoms with Gasteiger partial charge in [-0.15, -0.1) is 0 Å². The Bertz CT molecular complexity index is 196. The van der Waals surface area contributed by atoms with Crippen molar-refractivity contribution < 1.29 is 0 Å². The van der Waals surface area contributed by atoms with Crippen LogP contribution in [0.5, 0.6) is 0 Å². The lowest BCUT2D eigenvalue weighted by molar-refractivity contribution is 0.590. The second kappa shape index (κ2) is 5.36. The molecule has 0 spiro atoms. The van der Waals surface area contributed by atoms with Gasteiger partial charge in [-0.2, -0.15) is 0 Å². The maximum absolute atomic E-state index is 2.94. The average Bonchev–Trinajstić information content (AvgIpc) is 2.08. The highest BCUT2D eigenvalue weighted by atomic mass is 79.9. The van der Waals surface area contributed by atoms with Crippen molar-refractivity contribution in [3.8, 4) is 0 Å². The van der Waals surface area contributed by atoms with Crippen molar-refractivity contribution in [1.82, 2.24) is 0 Å². The van der Waals surface area contributed by atoms with Gasteiger partial charge in [0, 0.05) is 0 Å². The van der Waals surface area contributed by atoms with Gasteiger partial charge >= 0.3 is 0 Å². The molecule has 0 aliphatic carbocycles. The molecule has 0 radical (unpaired) electrons. The molecule has 0 aliphatic rings. The molecule has 0 fully saturated rings. The topological polar surface area (TPSA) is 0 Å². The Morgan fingerprint density at radius 1 is 0.917 bits per heavy atom. The van der Waals surface area contributed by atoms with Crippen LogP contribution in [0, 0.1) is 0 Å². The summed E-state index contributed by atoms with van der Waals surface area (Å²) in [5.41, 5.74) is 1.69. The van der Waals surface area contributed by atoms with Crippen LogP contribution in [0.4, 0.5) is 0 Å². The van der Waals surface area contributed by atoms with Gasteiger partial charge in [-0.1, -0.05) is 67.0 Å². The minimum absolute atomic E-state index is 0.293. The molecule has 1 rings (SSSR count). The summed E-state index contributed by atoms with van der Waals surface area (Å²) in [6.45, 7) is 6.67. The van der Waals surface area contributed by atoms with E-state index in [1.54, 1.807) is 0 Å². The summed E-state index contributed by atoms with van der Waals surface area (Å²) in [5, 5.41) is 0. The van der Waals surface area contributed by atoms with Crippen LogP contribution < -0.4 is 0 Å². The van der Waals surface area contributed by atoms with Gasteiger partial charge in [0.05, 0.1) is 0 Å². The van der Waals surface area contributed by atoms with Crippen LogP contribution in [-0.4, -0.2) is 5.83 Å². The van der Waals surface area contributed by atoms with Crippen LogP contribution in [0.1, 0.15) is 26.3 Å². The molecule has 12 heavy (non-hydrogen) atoms. The summed E-state index contributed by atoms with van der Waals surface area (Å²) >= 11 is 2.94. The molecule has 0 bridgehead atoms. The first kappa shape index (κ1) is 11.7. The van der Waals surface area contributed by atoms with Gasteiger partial charge in [0.1, 0.15) is 0 Å². The summed E-state index contributed by atoms with van der Waals surface area (Å²) < 4.78 is 0. The normalized spacial score (nSPS) is 10.1. The van der Waals surface area contributed by atoms with Gasteiger partial charge in [-0.25, -0.2) is 0 Å². The van der Waals surface area contributed by atoms with E-state index in [9.17, 15) is 0 Å². The van der Waals surface area contributed by atoms with Crippen LogP contribution in [0.2, 0.25) is 0 Å². The molecule has 1 heteroatoms. The lowest BCUT2D eigenvalue weighted by atomic mass is 9.87. The van der Waals surface area contributed by atoms with Gasteiger partial charge in [0.15, 0.2) is 0 Å². The van der Waals surface area contributed by atoms with Gasteiger partial charge in [-0.3, -0.25) is 0 Å². The molecular formula is C11H17Br. The lowest BCUT2D eigenvalue weighted by Crippen LogP contribution is -2.10. The monoisotopic (exact) mass is 228 g/mol. The first-order valence-corrected chi connectivity index (χ1v) is 5.62. The molecule has 0 saturated heterocycles. The molecule has 0 unspecified atom stereocenters. The molecule has 0 atom stereocenters. The Morgan fingerprint density at radius 2 is 1.33 bits per heavy atom. The van der Waals surface area contributed by atoms with E-state index in [-0.39, 0.29) is 0 Å². The summed E-state index contributed by atoms with van der Waals surface area (Å²) in [6, 6.07) is 10.6. The fourth-order valence-electron chi connectivity index (χ4n) is 0.938. The number of benzene rings is 1. The molecule has 68 valence electrons. The molecular weight excluding hydrogens is 212 g/mol. The molecule has 0 nitrogen and oxygen atoms in total. The Balaban J connectivity index is 0.000000561. The molecule has 0 aromatic heterocycles. The van der Waals surface area contributed by atoms with Crippen LogP contribution >= 0.6 is 15.9 Å². The Labute approximate surface area is 84.1 Å². The second-order valence-electron chi connectivity index (χ2n) is 3.62. The molecule has 0 saturated carbocycles. The predicted molar refractivity (Wildman–Crippen MR) is 60.0 cm³/mol. The van der Waals surface area contributed by atoms with Crippen molar-refractivity contribution in [3.63, 3.8) is 0 Å². The summed E-state index contributed by atoms with van der Waals surface area (Å²) in [7, 11) is 0. The Morgan fingerprint density at radius 3 is 1.58 bits per heavy atom. The van der Waals surface area contributed by atoms with Crippen LogP contribution in [0.15, 0.2) is 30.3 Å². The van der Waals surface area contributed by atoms with E-state index < -0.39 is 0 Å². The fraction of sp³-hybridized carbons (Fsp3) is 0.455. The number of hydrogen-bond acceptors (Lipinski definition) is 0. The number of rotatable bonds is 0. The van der Waals surface area contributed by atoms with Crippen molar-refractivity contribution >= 4 is 15.9 Å². The van der Waals surface area contributed by atoms with Crippen molar-refractivity contribution in [2.24, 2.45) is 0 Å². The van der Waals surface area contributed by atoms with Crippen molar-refractivity contribution in [3.05, 3.63) is 35.9 Å². The number of alkyl halides is 1. The van der Waals surface area contributed by atoms with Crippen LogP contribution in [0.25, 0.3) is 0 Å². The minimum atomic E-state index is 0.293. The van der Waals surface area contributed by atoms with E-state index >= 15 is 0 Å². The second-order valence-corrected chi connectivity index (χ2v) is 3.62. The summed E-state index contributed by atoms with van der Waals surface area (Å²) in [5.74, 6) is 1.81.